The number of nitrogens with zero attached hydrogens (tertiary/aromatic N) is 1. The summed E-state index contributed by atoms with van der Waals surface area (Å²) in [5.74, 6) is -0.965. The van der Waals surface area contributed by atoms with Crippen molar-refractivity contribution < 1.29 is 14.7 Å². The third-order valence-corrected chi connectivity index (χ3v) is 3.90. The number of hydrogen-bond donors (Lipinski definition) is 3. The van der Waals surface area contributed by atoms with Crippen molar-refractivity contribution in [2.45, 2.75) is 46.7 Å². The predicted molar refractivity (Wildman–Crippen MR) is 79.8 cm³/mol. The zero-order valence-electron chi connectivity index (χ0n) is 13.2. The second-order valence-corrected chi connectivity index (χ2v) is 6.13. The molecule has 0 saturated carbocycles. The lowest BCUT2D eigenvalue weighted by Gasteiger charge is -2.38. The highest BCUT2D eigenvalue weighted by atomic mass is 16.4. The van der Waals surface area contributed by atoms with Crippen LogP contribution in [0.25, 0.3) is 0 Å². The molecule has 0 spiro atoms. The van der Waals surface area contributed by atoms with E-state index < -0.39 is 23.0 Å². The molecule has 6 nitrogen and oxygen atoms in total. The van der Waals surface area contributed by atoms with Crippen molar-refractivity contribution >= 4 is 12.0 Å². The van der Waals surface area contributed by atoms with Gasteiger partial charge in [-0.25, -0.2) is 4.79 Å². The lowest BCUT2D eigenvalue weighted by Crippen LogP contribution is -2.58. The molecule has 1 aromatic rings. The Bertz CT molecular complexity index is 539. The van der Waals surface area contributed by atoms with E-state index in [2.05, 4.69) is 15.6 Å². The zero-order valence-corrected chi connectivity index (χ0v) is 13.2. The van der Waals surface area contributed by atoms with Gasteiger partial charge in [-0.15, -0.1) is 0 Å². The van der Waals surface area contributed by atoms with E-state index in [1.54, 1.807) is 27.7 Å². The summed E-state index contributed by atoms with van der Waals surface area (Å²) >= 11 is 0. The Balaban J connectivity index is 2.63. The third-order valence-electron chi connectivity index (χ3n) is 3.90. The topological polar surface area (TPSA) is 91.3 Å². The monoisotopic (exact) mass is 293 g/mol. The van der Waals surface area contributed by atoms with E-state index in [1.807, 2.05) is 25.1 Å². The van der Waals surface area contributed by atoms with E-state index in [4.69, 9.17) is 0 Å². The number of carbonyl (C=O) groups is 2. The molecule has 2 amide bonds. The molecule has 1 rings (SSSR count). The van der Waals surface area contributed by atoms with Crippen molar-refractivity contribution in [3.05, 3.63) is 29.6 Å². The molecule has 1 heterocycles. The highest BCUT2D eigenvalue weighted by Gasteiger charge is 2.44. The Kier molecular flexibility index (Phi) is 4.93. The fourth-order valence-corrected chi connectivity index (χ4v) is 1.62. The molecule has 0 unspecified atom stereocenters. The Labute approximate surface area is 125 Å². The van der Waals surface area contributed by atoms with Crippen LogP contribution in [0.3, 0.4) is 0 Å². The molecule has 1 aromatic heterocycles. The van der Waals surface area contributed by atoms with E-state index in [9.17, 15) is 14.7 Å². The number of rotatable bonds is 5. The first-order valence-corrected chi connectivity index (χ1v) is 6.78. The zero-order chi connectivity index (χ0) is 16.3. The molecule has 0 fully saturated rings. The SMILES string of the molecule is Cc1cccc(CNC(=O)NC(C)(C)C(C)(C)C(=O)O)n1. The minimum Gasteiger partial charge on any atom is -0.481 e. The molecule has 0 aliphatic heterocycles. The fourth-order valence-electron chi connectivity index (χ4n) is 1.62. The summed E-state index contributed by atoms with van der Waals surface area (Å²) in [6.45, 7) is 8.70. The van der Waals surface area contributed by atoms with Gasteiger partial charge in [0.2, 0.25) is 0 Å². The first kappa shape index (κ1) is 16.9. The largest absolute Gasteiger partial charge is 0.481 e. The van der Waals surface area contributed by atoms with Gasteiger partial charge >= 0.3 is 12.0 Å². The van der Waals surface area contributed by atoms with Crippen LogP contribution in [-0.2, 0) is 11.3 Å². The summed E-state index contributed by atoms with van der Waals surface area (Å²) in [4.78, 5) is 27.5. The van der Waals surface area contributed by atoms with Crippen LogP contribution < -0.4 is 10.6 Å². The molecular weight excluding hydrogens is 270 g/mol. The molecule has 21 heavy (non-hydrogen) atoms. The maximum absolute atomic E-state index is 11.9. The molecule has 0 saturated heterocycles. The summed E-state index contributed by atoms with van der Waals surface area (Å²) in [7, 11) is 0. The number of amides is 2. The summed E-state index contributed by atoms with van der Waals surface area (Å²) in [6.07, 6.45) is 0. The van der Waals surface area contributed by atoms with E-state index in [0.29, 0.717) is 0 Å². The molecule has 0 aliphatic carbocycles. The molecular formula is C15H23N3O3. The van der Waals surface area contributed by atoms with Gasteiger partial charge in [-0.1, -0.05) is 6.07 Å². The first-order chi connectivity index (χ1) is 9.56. The second kappa shape index (κ2) is 6.11. The van der Waals surface area contributed by atoms with Crippen LogP contribution in [0.4, 0.5) is 4.79 Å². The van der Waals surface area contributed by atoms with Crippen molar-refractivity contribution in [3.63, 3.8) is 0 Å². The van der Waals surface area contributed by atoms with Gasteiger partial charge in [0.1, 0.15) is 0 Å². The van der Waals surface area contributed by atoms with E-state index in [1.165, 1.54) is 0 Å². The number of aliphatic carboxylic acids is 1. The smallest absolute Gasteiger partial charge is 0.315 e. The van der Waals surface area contributed by atoms with Crippen LogP contribution >= 0.6 is 0 Å². The van der Waals surface area contributed by atoms with Crippen LogP contribution in [0.1, 0.15) is 39.1 Å². The minimum atomic E-state index is -1.09. The Morgan fingerprint density at radius 1 is 1.24 bits per heavy atom. The first-order valence-electron chi connectivity index (χ1n) is 6.78. The van der Waals surface area contributed by atoms with Crippen molar-refractivity contribution in [1.29, 1.82) is 0 Å². The molecule has 0 aromatic carbocycles. The summed E-state index contributed by atoms with van der Waals surface area (Å²) in [6, 6.07) is 5.15. The number of pyridine rings is 1. The standard InChI is InChI=1S/C15H23N3O3/c1-10-7-6-8-11(17-10)9-16-13(21)18-15(4,5)14(2,3)12(19)20/h6-8H,9H2,1-5H3,(H,19,20)(H2,16,18,21). The summed E-state index contributed by atoms with van der Waals surface area (Å²) in [5.41, 5.74) is -0.364. The average molecular weight is 293 g/mol. The van der Waals surface area contributed by atoms with E-state index in [0.717, 1.165) is 11.4 Å². The normalized spacial score (nSPS) is 11.9. The maximum atomic E-state index is 11.9. The third kappa shape index (κ3) is 4.18. The van der Waals surface area contributed by atoms with Crippen molar-refractivity contribution in [3.8, 4) is 0 Å². The highest BCUT2D eigenvalue weighted by molar-refractivity contribution is 5.79. The summed E-state index contributed by atoms with van der Waals surface area (Å²) < 4.78 is 0. The van der Waals surface area contributed by atoms with Gasteiger partial charge in [0.05, 0.1) is 23.2 Å². The van der Waals surface area contributed by atoms with Gasteiger partial charge in [-0.2, -0.15) is 0 Å². The van der Waals surface area contributed by atoms with Gasteiger partial charge < -0.3 is 15.7 Å². The average Bonchev–Trinajstić information content (AvgIpc) is 2.35. The van der Waals surface area contributed by atoms with Crippen LogP contribution in [0, 0.1) is 12.3 Å². The number of carboxylic acids is 1. The lowest BCUT2D eigenvalue weighted by atomic mass is 9.74. The van der Waals surface area contributed by atoms with Gasteiger partial charge in [0.15, 0.2) is 0 Å². The minimum absolute atomic E-state index is 0.289. The number of carbonyl (C=O) groups excluding carboxylic acids is 1. The van der Waals surface area contributed by atoms with Crippen LogP contribution in [-0.4, -0.2) is 27.6 Å². The van der Waals surface area contributed by atoms with Gasteiger partial charge in [0.25, 0.3) is 0 Å². The lowest BCUT2D eigenvalue weighted by molar-refractivity contribution is -0.150. The van der Waals surface area contributed by atoms with Gasteiger partial charge in [-0.3, -0.25) is 9.78 Å². The quantitative estimate of drug-likeness (QED) is 0.775. The Hall–Kier alpha value is -2.11. The van der Waals surface area contributed by atoms with Gasteiger partial charge in [0, 0.05) is 5.69 Å². The number of urea groups is 1. The molecule has 0 aliphatic rings. The molecule has 0 atom stereocenters. The van der Waals surface area contributed by atoms with Crippen LogP contribution in [0.15, 0.2) is 18.2 Å². The van der Waals surface area contributed by atoms with E-state index in [-0.39, 0.29) is 6.54 Å². The van der Waals surface area contributed by atoms with Crippen molar-refractivity contribution in [2.24, 2.45) is 5.41 Å². The molecule has 0 radical (unpaired) electrons. The summed E-state index contributed by atoms with van der Waals surface area (Å²) in [5, 5.41) is 14.6. The highest BCUT2D eigenvalue weighted by Crippen LogP contribution is 2.30. The van der Waals surface area contributed by atoms with Crippen LogP contribution in [0.2, 0.25) is 0 Å². The molecule has 0 bridgehead atoms. The number of carboxylic acid groups (broad SMARTS) is 1. The maximum Gasteiger partial charge on any atom is 0.315 e. The fraction of sp³-hybridized carbons (Fsp3) is 0.533. The van der Waals surface area contributed by atoms with E-state index >= 15 is 0 Å². The van der Waals surface area contributed by atoms with Crippen molar-refractivity contribution in [2.75, 3.05) is 0 Å². The van der Waals surface area contributed by atoms with Crippen molar-refractivity contribution in [1.82, 2.24) is 15.6 Å². The molecule has 6 heteroatoms. The van der Waals surface area contributed by atoms with Gasteiger partial charge in [-0.05, 0) is 46.8 Å². The number of hydrogen-bond acceptors (Lipinski definition) is 3. The molecule has 3 N–H and O–H groups in total. The Morgan fingerprint density at radius 3 is 2.38 bits per heavy atom. The molecule has 116 valence electrons. The predicted octanol–water partition coefficient (Wildman–Crippen LogP) is 2.08. The number of aromatic nitrogens is 1. The van der Waals surface area contributed by atoms with Crippen LogP contribution in [0.5, 0.6) is 0 Å². The second-order valence-electron chi connectivity index (χ2n) is 6.13. The Morgan fingerprint density at radius 2 is 1.86 bits per heavy atom. The number of aryl methyl sites for hydroxylation is 1. The number of nitrogens with one attached hydrogen (secondary N) is 2.